The van der Waals surface area contributed by atoms with Gasteiger partial charge in [0.05, 0.1) is 5.02 Å². The zero-order valence-corrected chi connectivity index (χ0v) is 19.9. The summed E-state index contributed by atoms with van der Waals surface area (Å²) in [4.78, 5) is 12.6. The summed E-state index contributed by atoms with van der Waals surface area (Å²) in [5.74, 6) is 2.79. The largest absolute Gasteiger partial charge is 0.489 e. The molecule has 1 N–H and O–H groups in total. The van der Waals surface area contributed by atoms with Crippen LogP contribution in [0.4, 0.5) is 5.69 Å². The second kappa shape index (κ2) is 12.0. The van der Waals surface area contributed by atoms with Gasteiger partial charge in [-0.05, 0) is 60.2 Å². The summed E-state index contributed by atoms with van der Waals surface area (Å²) in [7, 11) is 0. The Hall–Kier alpha value is -3.61. The lowest BCUT2D eigenvalue weighted by molar-refractivity contribution is -0.112. The van der Waals surface area contributed by atoms with Gasteiger partial charge in [-0.25, -0.2) is 0 Å². The average Bonchev–Trinajstić information content (AvgIpc) is 2.82. The molecule has 5 nitrogen and oxygen atoms in total. The third-order valence-electron chi connectivity index (χ3n) is 4.46. The maximum Gasteiger partial charge on any atom is 0.266 e. The van der Waals surface area contributed by atoms with Crippen molar-refractivity contribution in [1.29, 1.82) is 5.26 Å². The fourth-order valence-electron chi connectivity index (χ4n) is 2.79. The van der Waals surface area contributed by atoms with Crippen LogP contribution in [0.25, 0.3) is 6.08 Å². The van der Waals surface area contributed by atoms with Gasteiger partial charge in [-0.3, -0.25) is 4.79 Å². The number of nitrogens with zero attached hydrogens (tertiary/aromatic N) is 1. The van der Waals surface area contributed by atoms with Gasteiger partial charge in [0.25, 0.3) is 5.91 Å². The Morgan fingerprint density at radius 3 is 2.41 bits per heavy atom. The molecule has 0 atom stereocenters. The van der Waals surface area contributed by atoms with Crippen molar-refractivity contribution in [2.45, 2.75) is 6.61 Å². The van der Waals surface area contributed by atoms with Gasteiger partial charge in [0.2, 0.25) is 0 Å². The van der Waals surface area contributed by atoms with Gasteiger partial charge >= 0.3 is 0 Å². The number of ether oxygens (including phenoxy) is 2. The van der Waals surface area contributed by atoms with E-state index in [1.165, 1.54) is 6.08 Å². The van der Waals surface area contributed by atoms with Gasteiger partial charge in [0.15, 0.2) is 0 Å². The Kier molecular flexibility index (Phi) is 8.85. The molecule has 3 aromatic carbocycles. The van der Waals surface area contributed by atoms with Gasteiger partial charge in [-0.2, -0.15) is 5.26 Å². The molecule has 170 valence electrons. The number of nitriles is 1. The normalized spacial score (nSPS) is 10.7. The molecule has 0 spiro atoms. The molecule has 0 aliphatic carbocycles. The van der Waals surface area contributed by atoms with E-state index >= 15 is 0 Å². The Morgan fingerprint density at radius 1 is 1.00 bits per heavy atom. The van der Waals surface area contributed by atoms with Crippen LogP contribution in [0.15, 0.2) is 66.2 Å². The van der Waals surface area contributed by atoms with Crippen LogP contribution in [0, 0.1) is 23.7 Å². The second-order valence-electron chi connectivity index (χ2n) is 6.86. The molecule has 1 amide bonds. The van der Waals surface area contributed by atoms with Crippen LogP contribution < -0.4 is 14.8 Å². The first kappa shape index (κ1) is 25.0. The maximum absolute atomic E-state index is 12.6. The Bertz CT molecular complexity index is 1310. The van der Waals surface area contributed by atoms with E-state index in [2.05, 4.69) is 11.2 Å². The highest BCUT2D eigenvalue weighted by molar-refractivity contribution is 6.35. The SMILES string of the molecule is C#CCOc1ccc(/C=C(\C#N)C(=O)Nc2ccc(OCc3ccc(Cl)cc3Cl)cc2)cc1Cl. The molecule has 0 aliphatic heterocycles. The number of hydrogen-bond donors (Lipinski definition) is 1. The standard InChI is InChI=1S/C26H17Cl3N2O3/c1-2-11-33-25-10-3-17(13-24(25)29)12-19(15-30)26(32)31-21-6-8-22(9-7-21)34-16-18-4-5-20(27)14-23(18)28/h1,3-10,12-14H,11,16H2,(H,31,32)/b19-12+. The molecule has 0 fully saturated rings. The topological polar surface area (TPSA) is 71.3 Å². The molecule has 0 aliphatic rings. The van der Waals surface area contributed by atoms with Crippen molar-refractivity contribution >= 4 is 52.5 Å². The van der Waals surface area contributed by atoms with Crippen LogP contribution in [0.1, 0.15) is 11.1 Å². The summed E-state index contributed by atoms with van der Waals surface area (Å²) in [6, 6.07) is 18.7. The molecule has 0 aromatic heterocycles. The predicted octanol–water partition coefficient (Wildman–Crippen LogP) is 6.78. The predicted molar refractivity (Wildman–Crippen MR) is 135 cm³/mol. The molecular formula is C26H17Cl3N2O3. The monoisotopic (exact) mass is 510 g/mol. The first-order chi connectivity index (χ1) is 16.4. The lowest BCUT2D eigenvalue weighted by Crippen LogP contribution is -2.13. The molecule has 0 radical (unpaired) electrons. The molecule has 34 heavy (non-hydrogen) atoms. The minimum atomic E-state index is -0.562. The van der Waals surface area contributed by atoms with E-state index in [4.69, 9.17) is 50.7 Å². The van der Waals surface area contributed by atoms with Crippen molar-refractivity contribution in [3.05, 3.63) is 92.4 Å². The lowest BCUT2D eigenvalue weighted by atomic mass is 10.1. The number of benzene rings is 3. The van der Waals surface area contributed by atoms with E-state index in [0.717, 1.165) is 5.56 Å². The first-order valence-electron chi connectivity index (χ1n) is 9.85. The fraction of sp³-hybridized carbons (Fsp3) is 0.0769. The Balaban J connectivity index is 1.63. The minimum Gasteiger partial charge on any atom is -0.489 e. The van der Waals surface area contributed by atoms with E-state index in [-0.39, 0.29) is 18.8 Å². The highest BCUT2D eigenvalue weighted by Gasteiger charge is 2.11. The van der Waals surface area contributed by atoms with E-state index in [9.17, 15) is 10.1 Å². The molecule has 8 heteroatoms. The van der Waals surface area contributed by atoms with Crippen LogP contribution >= 0.6 is 34.8 Å². The molecule has 0 heterocycles. The van der Waals surface area contributed by atoms with Crippen molar-refractivity contribution in [2.24, 2.45) is 0 Å². The van der Waals surface area contributed by atoms with Crippen LogP contribution in [-0.4, -0.2) is 12.5 Å². The number of amides is 1. The van der Waals surface area contributed by atoms with Crippen molar-refractivity contribution in [1.82, 2.24) is 0 Å². The molecule has 0 unspecified atom stereocenters. The quantitative estimate of drug-likeness (QED) is 0.205. The molecule has 3 aromatic rings. The van der Waals surface area contributed by atoms with Gasteiger partial charge < -0.3 is 14.8 Å². The number of carbonyl (C=O) groups excluding carboxylic acids is 1. The first-order valence-corrected chi connectivity index (χ1v) is 11.0. The van der Waals surface area contributed by atoms with Crippen LogP contribution in [0.3, 0.4) is 0 Å². The van der Waals surface area contributed by atoms with Crippen molar-refractivity contribution in [3.63, 3.8) is 0 Å². The Morgan fingerprint density at radius 2 is 1.76 bits per heavy atom. The zero-order valence-electron chi connectivity index (χ0n) is 17.6. The number of rotatable bonds is 8. The van der Waals surface area contributed by atoms with E-state index < -0.39 is 5.91 Å². The third kappa shape index (κ3) is 6.94. The van der Waals surface area contributed by atoms with Crippen LogP contribution in [0.2, 0.25) is 15.1 Å². The number of hydrogen-bond acceptors (Lipinski definition) is 4. The number of halogens is 3. The number of carbonyl (C=O) groups is 1. The third-order valence-corrected chi connectivity index (χ3v) is 5.35. The zero-order chi connectivity index (χ0) is 24.5. The summed E-state index contributed by atoms with van der Waals surface area (Å²) in [6.45, 7) is 0.345. The van der Waals surface area contributed by atoms with Gasteiger partial charge in [-0.15, -0.1) is 6.42 Å². The van der Waals surface area contributed by atoms with Gasteiger partial charge in [0, 0.05) is 21.3 Å². The van der Waals surface area contributed by atoms with Crippen molar-refractivity contribution in [2.75, 3.05) is 11.9 Å². The highest BCUT2D eigenvalue weighted by Crippen LogP contribution is 2.27. The lowest BCUT2D eigenvalue weighted by Gasteiger charge is -2.10. The molecule has 0 saturated heterocycles. The van der Waals surface area contributed by atoms with Crippen molar-refractivity contribution in [3.8, 4) is 29.9 Å². The number of nitrogens with one attached hydrogen (secondary N) is 1. The molecular weight excluding hydrogens is 495 g/mol. The number of terminal acetylenes is 1. The highest BCUT2D eigenvalue weighted by atomic mass is 35.5. The maximum atomic E-state index is 12.6. The van der Waals surface area contributed by atoms with E-state index in [1.807, 2.05) is 6.07 Å². The summed E-state index contributed by atoms with van der Waals surface area (Å²) in [5.41, 5.74) is 1.77. The van der Waals surface area contributed by atoms with Gasteiger partial charge in [-0.1, -0.05) is 52.9 Å². The molecule has 3 rings (SSSR count). The van der Waals surface area contributed by atoms with Crippen molar-refractivity contribution < 1.29 is 14.3 Å². The second-order valence-corrected chi connectivity index (χ2v) is 8.11. The summed E-state index contributed by atoms with van der Waals surface area (Å²) in [5, 5.41) is 13.5. The Labute approximate surface area is 212 Å². The average molecular weight is 512 g/mol. The summed E-state index contributed by atoms with van der Waals surface area (Å²) in [6.07, 6.45) is 6.60. The minimum absolute atomic E-state index is 0.0828. The van der Waals surface area contributed by atoms with E-state index in [0.29, 0.717) is 37.8 Å². The van der Waals surface area contributed by atoms with Crippen LogP contribution in [-0.2, 0) is 11.4 Å². The fourth-order valence-corrected chi connectivity index (χ4v) is 3.50. The van der Waals surface area contributed by atoms with Gasteiger partial charge in [0.1, 0.15) is 36.4 Å². The molecule has 0 bridgehead atoms. The van der Waals surface area contributed by atoms with E-state index in [1.54, 1.807) is 60.7 Å². The smallest absolute Gasteiger partial charge is 0.266 e. The molecule has 0 saturated carbocycles. The number of anilines is 1. The summed E-state index contributed by atoms with van der Waals surface area (Å²) < 4.78 is 11.0. The summed E-state index contributed by atoms with van der Waals surface area (Å²) >= 11 is 18.2. The van der Waals surface area contributed by atoms with Crippen LogP contribution in [0.5, 0.6) is 11.5 Å².